The van der Waals surface area contributed by atoms with Crippen molar-refractivity contribution in [3.8, 4) is 11.4 Å². The fraction of sp³-hybridized carbons (Fsp3) is 0.118. The Hall–Kier alpha value is -2.18. The van der Waals surface area contributed by atoms with Gasteiger partial charge in [0, 0.05) is 16.6 Å². The van der Waals surface area contributed by atoms with E-state index in [1.165, 1.54) is 4.57 Å². The Balaban J connectivity index is 2.24. The Bertz CT molecular complexity index is 938. The Morgan fingerprint density at radius 3 is 2.67 bits per heavy atom. The number of aromatic nitrogens is 3. The van der Waals surface area contributed by atoms with Crippen molar-refractivity contribution in [2.24, 2.45) is 0 Å². The van der Waals surface area contributed by atoms with Crippen LogP contribution in [0.15, 0.2) is 48.7 Å². The number of benzene rings is 1. The first-order chi connectivity index (χ1) is 11.5. The molecule has 3 aromatic rings. The summed E-state index contributed by atoms with van der Waals surface area (Å²) in [5, 5.41) is 1.30. The van der Waals surface area contributed by atoms with Gasteiger partial charge in [0.2, 0.25) is 0 Å². The van der Waals surface area contributed by atoms with Crippen LogP contribution >= 0.6 is 27.5 Å². The van der Waals surface area contributed by atoms with E-state index in [9.17, 15) is 4.79 Å². The summed E-state index contributed by atoms with van der Waals surface area (Å²) < 4.78 is 6.51. The first kappa shape index (κ1) is 16.7. The van der Waals surface area contributed by atoms with Crippen molar-refractivity contribution in [1.82, 2.24) is 14.5 Å². The van der Waals surface area contributed by atoms with Gasteiger partial charge >= 0.3 is 6.09 Å². The van der Waals surface area contributed by atoms with Crippen LogP contribution in [0, 0.1) is 0 Å². The number of fused-ring (bicyclic) bond motifs is 1. The minimum atomic E-state index is -0.583. The van der Waals surface area contributed by atoms with Crippen LogP contribution in [0.2, 0.25) is 5.15 Å². The molecule has 0 fully saturated rings. The van der Waals surface area contributed by atoms with E-state index in [-0.39, 0.29) is 5.15 Å². The van der Waals surface area contributed by atoms with Crippen LogP contribution in [0.5, 0.6) is 0 Å². The van der Waals surface area contributed by atoms with Crippen molar-refractivity contribution in [2.45, 2.75) is 12.3 Å². The standard InChI is InChI=1S/C17H13BrClN3O2/c1-10(2)24-17(23)22-12(9-18)8-13-14(19)20-15(21-16(13)22)11-6-4-3-5-7-11/h3-8H,1,9H2,2H3. The molecule has 24 heavy (non-hydrogen) atoms. The highest BCUT2D eigenvalue weighted by atomic mass is 79.9. The molecule has 0 N–H and O–H groups in total. The molecular formula is C17H13BrClN3O2. The quantitative estimate of drug-likeness (QED) is 0.342. The highest BCUT2D eigenvalue weighted by molar-refractivity contribution is 9.08. The fourth-order valence-corrected chi connectivity index (χ4v) is 2.94. The van der Waals surface area contributed by atoms with Crippen molar-refractivity contribution >= 4 is 44.7 Å². The molecule has 5 nitrogen and oxygen atoms in total. The summed E-state index contributed by atoms with van der Waals surface area (Å²) in [5.41, 5.74) is 1.87. The minimum Gasteiger partial charge on any atom is -0.415 e. The SMILES string of the molecule is C=C(C)OC(=O)n1c(CBr)cc2c(Cl)nc(-c3ccccc3)nc21. The van der Waals surface area contributed by atoms with Crippen LogP contribution in [0.4, 0.5) is 4.79 Å². The van der Waals surface area contributed by atoms with Gasteiger partial charge in [-0.3, -0.25) is 0 Å². The number of hydrogen-bond acceptors (Lipinski definition) is 4. The monoisotopic (exact) mass is 405 g/mol. The smallest absolute Gasteiger partial charge is 0.415 e. The summed E-state index contributed by atoms with van der Waals surface area (Å²) >= 11 is 9.68. The molecule has 1 aromatic carbocycles. The van der Waals surface area contributed by atoms with Gasteiger partial charge < -0.3 is 4.74 Å². The molecule has 122 valence electrons. The summed E-state index contributed by atoms with van der Waals surface area (Å²) in [6.07, 6.45) is -0.583. The lowest BCUT2D eigenvalue weighted by Crippen LogP contribution is -2.15. The molecule has 2 heterocycles. The molecular weight excluding hydrogens is 394 g/mol. The molecule has 0 radical (unpaired) electrons. The van der Waals surface area contributed by atoms with Gasteiger partial charge in [0.1, 0.15) is 5.15 Å². The number of nitrogens with zero attached hydrogens (tertiary/aromatic N) is 3. The molecule has 0 unspecified atom stereocenters. The molecule has 0 amide bonds. The lowest BCUT2D eigenvalue weighted by atomic mass is 10.2. The molecule has 7 heteroatoms. The zero-order chi connectivity index (χ0) is 17.3. The fourth-order valence-electron chi connectivity index (χ4n) is 2.31. The van der Waals surface area contributed by atoms with Crippen LogP contribution in [0.1, 0.15) is 12.6 Å². The van der Waals surface area contributed by atoms with Crippen LogP contribution in [0.3, 0.4) is 0 Å². The van der Waals surface area contributed by atoms with E-state index < -0.39 is 6.09 Å². The second-order valence-electron chi connectivity index (χ2n) is 5.12. The third kappa shape index (κ3) is 3.07. The van der Waals surface area contributed by atoms with E-state index >= 15 is 0 Å². The second-order valence-corrected chi connectivity index (χ2v) is 6.03. The van der Waals surface area contributed by atoms with Crippen molar-refractivity contribution < 1.29 is 9.53 Å². The lowest BCUT2D eigenvalue weighted by molar-refractivity contribution is 0.179. The maximum atomic E-state index is 12.4. The third-order valence-electron chi connectivity index (χ3n) is 3.30. The highest BCUT2D eigenvalue weighted by Gasteiger charge is 2.21. The van der Waals surface area contributed by atoms with Crippen molar-refractivity contribution in [2.75, 3.05) is 0 Å². The van der Waals surface area contributed by atoms with Crippen LogP contribution in [-0.4, -0.2) is 20.6 Å². The molecule has 0 saturated carbocycles. The summed E-state index contributed by atoms with van der Waals surface area (Å²) in [4.78, 5) is 21.3. The molecule has 0 aliphatic carbocycles. The van der Waals surface area contributed by atoms with Crippen LogP contribution in [0.25, 0.3) is 22.4 Å². The normalized spacial score (nSPS) is 10.8. The number of alkyl halides is 1. The first-order valence-electron chi connectivity index (χ1n) is 7.08. The van der Waals surface area contributed by atoms with E-state index in [4.69, 9.17) is 16.3 Å². The minimum absolute atomic E-state index is 0.280. The predicted molar refractivity (Wildman–Crippen MR) is 97.3 cm³/mol. The van der Waals surface area contributed by atoms with Crippen molar-refractivity contribution in [1.29, 1.82) is 0 Å². The zero-order valence-electron chi connectivity index (χ0n) is 12.8. The van der Waals surface area contributed by atoms with Crippen molar-refractivity contribution in [3.63, 3.8) is 0 Å². The third-order valence-corrected chi connectivity index (χ3v) is 4.16. The largest absolute Gasteiger partial charge is 0.425 e. The molecule has 0 bridgehead atoms. The Morgan fingerprint density at radius 1 is 1.33 bits per heavy atom. The Kier molecular flexibility index (Phi) is 4.69. The Labute approximate surface area is 152 Å². The van der Waals surface area contributed by atoms with E-state index in [0.717, 1.165) is 5.56 Å². The number of hydrogen-bond donors (Lipinski definition) is 0. The molecule has 0 spiro atoms. The van der Waals surface area contributed by atoms with Gasteiger partial charge in [0.25, 0.3) is 0 Å². The van der Waals surface area contributed by atoms with Gasteiger partial charge in [-0.05, 0) is 13.0 Å². The van der Waals surface area contributed by atoms with Crippen LogP contribution in [-0.2, 0) is 10.1 Å². The highest BCUT2D eigenvalue weighted by Crippen LogP contribution is 2.29. The van der Waals surface area contributed by atoms with Gasteiger partial charge in [-0.2, -0.15) is 0 Å². The maximum absolute atomic E-state index is 12.4. The topological polar surface area (TPSA) is 57.0 Å². The second kappa shape index (κ2) is 6.75. The van der Waals surface area contributed by atoms with Gasteiger partial charge in [-0.1, -0.05) is 64.4 Å². The number of ether oxygens (including phenoxy) is 1. The van der Waals surface area contributed by atoms with Crippen molar-refractivity contribution in [3.05, 3.63) is 59.6 Å². The molecule has 0 aliphatic rings. The first-order valence-corrected chi connectivity index (χ1v) is 8.58. The zero-order valence-corrected chi connectivity index (χ0v) is 15.1. The summed E-state index contributed by atoms with van der Waals surface area (Å²) in [6.45, 7) is 5.20. The van der Waals surface area contributed by atoms with Gasteiger partial charge in [0.15, 0.2) is 11.5 Å². The number of halogens is 2. The molecule has 0 aliphatic heterocycles. The van der Waals surface area contributed by atoms with E-state index in [1.807, 2.05) is 30.3 Å². The number of carbonyl (C=O) groups excluding carboxylic acids is 1. The van der Waals surface area contributed by atoms with Gasteiger partial charge in [-0.15, -0.1) is 0 Å². The van der Waals surface area contributed by atoms with Gasteiger partial charge in [0.05, 0.1) is 11.1 Å². The Morgan fingerprint density at radius 2 is 2.04 bits per heavy atom. The number of carbonyl (C=O) groups is 1. The van der Waals surface area contributed by atoms with E-state index in [0.29, 0.717) is 33.6 Å². The number of rotatable bonds is 3. The lowest BCUT2D eigenvalue weighted by Gasteiger charge is -2.08. The molecule has 0 saturated heterocycles. The average molecular weight is 407 g/mol. The molecule has 3 rings (SSSR count). The maximum Gasteiger partial charge on any atom is 0.425 e. The average Bonchev–Trinajstić information content (AvgIpc) is 2.94. The molecule has 0 atom stereocenters. The van der Waals surface area contributed by atoms with E-state index in [2.05, 4.69) is 32.5 Å². The van der Waals surface area contributed by atoms with Gasteiger partial charge in [-0.25, -0.2) is 19.3 Å². The predicted octanol–water partition coefficient (Wildman–Crippen LogP) is 5.16. The summed E-state index contributed by atoms with van der Waals surface area (Å²) in [7, 11) is 0. The van der Waals surface area contributed by atoms with Crippen LogP contribution < -0.4 is 0 Å². The van der Waals surface area contributed by atoms with E-state index in [1.54, 1.807) is 13.0 Å². The summed E-state index contributed by atoms with van der Waals surface area (Å²) in [6, 6.07) is 11.2. The molecule has 2 aromatic heterocycles. The number of allylic oxidation sites excluding steroid dienone is 1. The summed E-state index contributed by atoms with van der Waals surface area (Å²) in [5.74, 6) is 0.738.